The molecule has 3 aromatic rings. The molecule has 0 aliphatic rings. The molecule has 0 radical (unpaired) electrons. The molecular weight excluding hydrogens is 500 g/mol. The van der Waals surface area contributed by atoms with Gasteiger partial charge >= 0.3 is 5.97 Å². The van der Waals surface area contributed by atoms with Gasteiger partial charge in [-0.1, -0.05) is 33.6 Å². The topological polar surface area (TPSA) is 85.9 Å². The lowest BCUT2D eigenvalue weighted by Crippen LogP contribution is -2.21. The number of rotatable bonds is 10. The Kier molecular flexibility index (Phi) is 8.93. The largest absolute Gasteiger partial charge is 0.493 e. The number of carbonyl (C=O) groups excluding carboxylic acids is 2. The van der Waals surface area contributed by atoms with Crippen molar-refractivity contribution in [3.63, 3.8) is 0 Å². The first-order chi connectivity index (χ1) is 16.4. The van der Waals surface area contributed by atoms with Crippen LogP contribution in [0.5, 0.6) is 11.5 Å². The van der Waals surface area contributed by atoms with E-state index in [4.69, 9.17) is 14.2 Å². The van der Waals surface area contributed by atoms with E-state index in [1.54, 1.807) is 44.4 Å². The highest BCUT2D eigenvalue weighted by atomic mass is 79.9. The Bertz CT molecular complexity index is 1130. The van der Waals surface area contributed by atoms with E-state index < -0.39 is 0 Å². The molecule has 7 nitrogen and oxygen atoms in total. The van der Waals surface area contributed by atoms with Crippen molar-refractivity contribution in [2.45, 2.75) is 20.4 Å². The summed E-state index contributed by atoms with van der Waals surface area (Å²) in [6, 6.07) is 18.2. The van der Waals surface area contributed by atoms with Crippen LogP contribution in [-0.2, 0) is 16.1 Å². The molecule has 8 heteroatoms. The van der Waals surface area contributed by atoms with Crippen molar-refractivity contribution in [1.82, 2.24) is 0 Å². The number of esters is 1. The summed E-state index contributed by atoms with van der Waals surface area (Å²) in [4.78, 5) is 24.3. The first kappa shape index (κ1) is 25.1. The Morgan fingerprint density at radius 2 is 1.62 bits per heavy atom. The third-order valence-electron chi connectivity index (χ3n) is 4.94. The number of nitrogens with one attached hydrogen (secondary N) is 2. The minimum atomic E-state index is -0.357. The minimum Gasteiger partial charge on any atom is -0.493 e. The SMILES string of the molecule is CCOC(=O)c1ccc(NCc2c(Br)ccc(OC)c2OCC(=O)Nc2ccc(C)cc2)cc1. The summed E-state index contributed by atoms with van der Waals surface area (Å²) in [5, 5.41) is 6.13. The lowest BCUT2D eigenvalue weighted by molar-refractivity contribution is -0.118. The number of amides is 1. The van der Waals surface area contributed by atoms with Gasteiger partial charge in [0.25, 0.3) is 5.91 Å². The molecule has 0 spiro atoms. The summed E-state index contributed by atoms with van der Waals surface area (Å²) in [6.45, 7) is 4.30. The Labute approximate surface area is 207 Å². The summed E-state index contributed by atoms with van der Waals surface area (Å²) in [5.41, 5.74) is 3.90. The highest BCUT2D eigenvalue weighted by molar-refractivity contribution is 9.10. The number of anilines is 2. The van der Waals surface area contributed by atoms with Crippen LogP contribution >= 0.6 is 15.9 Å². The third kappa shape index (κ3) is 6.74. The smallest absolute Gasteiger partial charge is 0.338 e. The van der Waals surface area contributed by atoms with Gasteiger partial charge in [-0.15, -0.1) is 0 Å². The number of methoxy groups -OCH3 is 1. The summed E-state index contributed by atoms with van der Waals surface area (Å²) < 4.78 is 17.2. The van der Waals surface area contributed by atoms with E-state index in [-0.39, 0.29) is 18.5 Å². The van der Waals surface area contributed by atoms with Crippen molar-refractivity contribution in [2.24, 2.45) is 0 Å². The number of hydrogen-bond acceptors (Lipinski definition) is 6. The molecule has 1 amide bonds. The Morgan fingerprint density at radius 3 is 2.26 bits per heavy atom. The van der Waals surface area contributed by atoms with Gasteiger partial charge < -0.3 is 24.8 Å². The standard InChI is InChI=1S/C26H27BrN2O5/c1-4-33-26(31)18-7-11-19(12-8-18)28-15-21-22(27)13-14-23(32-3)25(21)34-16-24(30)29-20-9-5-17(2)6-10-20/h5-14,28H,4,15-16H2,1-3H3,(H,29,30). The summed E-state index contributed by atoms with van der Waals surface area (Å²) in [6.07, 6.45) is 0. The van der Waals surface area contributed by atoms with Crippen LogP contribution in [-0.4, -0.2) is 32.2 Å². The lowest BCUT2D eigenvalue weighted by Gasteiger charge is -2.17. The van der Waals surface area contributed by atoms with Crippen LogP contribution in [0.15, 0.2) is 65.1 Å². The van der Waals surface area contributed by atoms with Crippen LogP contribution in [0, 0.1) is 6.92 Å². The maximum atomic E-state index is 12.4. The molecule has 0 bridgehead atoms. The van der Waals surface area contributed by atoms with E-state index >= 15 is 0 Å². The number of benzene rings is 3. The maximum Gasteiger partial charge on any atom is 0.338 e. The van der Waals surface area contributed by atoms with Crippen LogP contribution in [0.2, 0.25) is 0 Å². The van der Waals surface area contributed by atoms with Crippen LogP contribution in [0.1, 0.15) is 28.4 Å². The average Bonchev–Trinajstić information content (AvgIpc) is 2.84. The highest BCUT2D eigenvalue weighted by Gasteiger charge is 2.16. The highest BCUT2D eigenvalue weighted by Crippen LogP contribution is 2.37. The fraction of sp³-hybridized carbons (Fsp3) is 0.231. The van der Waals surface area contributed by atoms with Gasteiger partial charge in [0.15, 0.2) is 18.1 Å². The number of ether oxygens (including phenoxy) is 3. The molecule has 0 aliphatic carbocycles. The zero-order valence-corrected chi connectivity index (χ0v) is 20.9. The zero-order chi connectivity index (χ0) is 24.5. The summed E-state index contributed by atoms with van der Waals surface area (Å²) in [7, 11) is 1.55. The van der Waals surface area contributed by atoms with Gasteiger partial charge in [0, 0.05) is 28.0 Å². The molecule has 0 atom stereocenters. The Balaban J connectivity index is 1.69. The predicted octanol–water partition coefficient (Wildman–Crippen LogP) is 5.57. The predicted molar refractivity (Wildman–Crippen MR) is 136 cm³/mol. The molecule has 34 heavy (non-hydrogen) atoms. The molecule has 0 saturated heterocycles. The Hall–Kier alpha value is -3.52. The molecule has 0 aliphatic heterocycles. The molecule has 0 heterocycles. The van der Waals surface area contributed by atoms with E-state index in [9.17, 15) is 9.59 Å². The van der Waals surface area contributed by atoms with Gasteiger partial charge in [-0.25, -0.2) is 4.79 Å². The fourth-order valence-electron chi connectivity index (χ4n) is 3.17. The quantitative estimate of drug-likeness (QED) is 0.335. The molecule has 178 valence electrons. The number of hydrogen-bond donors (Lipinski definition) is 2. The van der Waals surface area contributed by atoms with Crippen molar-refractivity contribution in [3.8, 4) is 11.5 Å². The monoisotopic (exact) mass is 526 g/mol. The van der Waals surface area contributed by atoms with Crippen molar-refractivity contribution in [1.29, 1.82) is 0 Å². The van der Waals surface area contributed by atoms with E-state index in [0.29, 0.717) is 35.9 Å². The second-order valence-corrected chi connectivity index (χ2v) is 8.27. The van der Waals surface area contributed by atoms with Gasteiger partial charge in [-0.05, 0) is 62.4 Å². The van der Waals surface area contributed by atoms with Gasteiger partial charge in [0.05, 0.1) is 19.3 Å². The second-order valence-electron chi connectivity index (χ2n) is 7.41. The zero-order valence-electron chi connectivity index (χ0n) is 19.3. The van der Waals surface area contributed by atoms with Crippen LogP contribution < -0.4 is 20.1 Å². The second kappa shape index (κ2) is 12.1. The van der Waals surface area contributed by atoms with Crippen molar-refractivity contribution >= 4 is 39.2 Å². The first-order valence-electron chi connectivity index (χ1n) is 10.8. The van der Waals surface area contributed by atoms with Crippen molar-refractivity contribution < 1.29 is 23.8 Å². The van der Waals surface area contributed by atoms with Gasteiger partial charge in [0.2, 0.25) is 0 Å². The minimum absolute atomic E-state index is 0.179. The maximum absolute atomic E-state index is 12.4. The van der Waals surface area contributed by atoms with Crippen molar-refractivity contribution in [3.05, 3.63) is 81.8 Å². The van der Waals surface area contributed by atoms with Gasteiger partial charge in [0.1, 0.15) is 0 Å². The molecule has 2 N–H and O–H groups in total. The first-order valence-corrected chi connectivity index (χ1v) is 11.6. The number of halogens is 1. The molecule has 0 unspecified atom stereocenters. The molecule has 3 aromatic carbocycles. The molecular formula is C26H27BrN2O5. The summed E-state index contributed by atoms with van der Waals surface area (Å²) >= 11 is 3.56. The van der Waals surface area contributed by atoms with E-state index in [1.807, 2.05) is 37.3 Å². The molecule has 0 aromatic heterocycles. The fourth-order valence-corrected chi connectivity index (χ4v) is 3.62. The number of aryl methyl sites for hydroxylation is 1. The van der Waals surface area contributed by atoms with E-state index in [2.05, 4.69) is 26.6 Å². The Morgan fingerprint density at radius 1 is 0.941 bits per heavy atom. The van der Waals surface area contributed by atoms with Crippen molar-refractivity contribution in [2.75, 3.05) is 31.0 Å². The molecule has 3 rings (SSSR count). The van der Waals surface area contributed by atoms with E-state index in [1.165, 1.54) is 0 Å². The van der Waals surface area contributed by atoms with Crippen LogP contribution in [0.4, 0.5) is 11.4 Å². The van der Waals surface area contributed by atoms with Gasteiger partial charge in [-0.3, -0.25) is 4.79 Å². The van der Waals surface area contributed by atoms with Gasteiger partial charge in [-0.2, -0.15) is 0 Å². The van der Waals surface area contributed by atoms with Crippen LogP contribution in [0.3, 0.4) is 0 Å². The summed E-state index contributed by atoms with van der Waals surface area (Å²) in [5.74, 6) is 0.343. The lowest BCUT2D eigenvalue weighted by atomic mass is 10.1. The third-order valence-corrected chi connectivity index (χ3v) is 5.68. The average molecular weight is 527 g/mol. The number of carbonyl (C=O) groups is 2. The molecule has 0 fully saturated rings. The normalized spacial score (nSPS) is 10.4. The van der Waals surface area contributed by atoms with Crippen LogP contribution in [0.25, 0.3) is 0 Å². The van der Waals surface area contributed by atoms with E-state index in [0.717, 1.165) is 21.3 Å². The molecule has 0 saturated carbocycles.